The average Bonchev–Trinajstić information content (AvgIpc) is 3.19. The molecular formula is C24H21NO5. The summed E-state index contributed by atoms with van der Waals surface area (Å²) in [6, 6.07) is 18.8. The van der Waals surface area contributed by atoms with Gasteiger partial charge in [0.1, 0.15) is 6.04 Å². The zero-order valence-electron chi connectivity index (χ0n) is 16.4. The van der Waals surface area contributed by atoms with Gasteiger partial charge in [-0.15, -0.1) is 0 Å². The third-order valence-corrected chi connectivity index (χ3v) is 4.82. The fourth-order valence-electron chi connectivity index (χ4n) is 3.50. The summed E-state index contributed by atoms with van der Waals surface area (Å²) in [4.78, 5) is 28.2. The second-order valence-corrected chi connectivity index (χ2v) is 6.99. The summed E-state index contributed by atoms with van der Waals surface area (Å²) in [7, 11) is 0. The maximum absolute atomic E-state index is 11.9. The van der Waals surface area contributed by atoms with Crippen molar-refractivity contribution in [3.05, 3.63) is 90.0 Å². The van der Waals surface area contributed by atoms with Crippen molar-refractivity contribution in [2.24, 2.45) is 4.99 Å². The molecule has 2 aliphatic rings. The first-order chi connectivity index (χ1) is 14.6. The molecule has 0 bridgehead atoms. The maximum Gasteiger partial charge on any atom is 0.331 e. The molecule has 0 saturated heterocycles. The van der Waals surface area contributed by atoms with E-state index < -0.39 is 36.3 Å². The van der Waals surface area contributed by atoms with Crippen LogP contribution in [0.25, 0.3) is 6.08 Å². The van der Waals surface area contributed by atoms with E-state index in [0.29, 0.717) is 5.90 Å². The first kappa shape index (κ1) is 19.6. The quantitative estimate of drug-likeness (QED) is 0.713. The minimum absolute atomic E-state index is 0.421. The van der Waals surface area contributed by atoms with Crippen molar-refractivity contribution in [3.63, 3.8) is 0 Å². The van der Waals surface area contributed by atoms with Crippen molar-refractivity contribution in [1.82, 2.24) is 0 Å². The number of aliphatic imine (C=N–C) groups is 1. The normalized spacial score (nSPS) is 25.5. The van der Waals surface area contributed by atoms with Gasteiger partial charge in [-0.05, 0) is 23.3 Å². The van der Waals surface area contributed by atoms with Gasteiger partial charge >= 0.3 is 11.9 Å². The molecule has 6 nitrogen and oxygen atoms in total. The fourth-order valence-corrected chi connectivity index (χ4v) is 3.50. The van der Waals surface area contributed by atoms with Crippen molar-refractivity contribution in [2.45, 2.75) is 31.3 Å². The average molecular weight is 403 g/mol. The molecular weight excluding hydrogens is 382 g/mol. The standard InChI is InChI=1S/C24H21NO5/c1-16(26)28-19-13-15-21(27)30-24(19)22-23(18-10-6-3-7-11-18)29-20(25-22)14-12-17-8-4-2-5-9-17/h2-15,19,22-24H,1H3/b14-12+/t19-,22-,23+,24-/m0/s1. The van der Waals surface area contributed by atoms with Gasteiger partial charge < -0.3 is 14.2 Å². The number of carbonyl (C=O) groups is 2. The Labute approximate surface area is 174 Å². The van der Waals surface area contributed by atoms with Crippen molar-refractivity contribution in [3.8, 4) is 0 Å². The van der Waals surface area contributed by atoms with E-state index in [-0.39, 0.29) is 0 Å². The molecule has 0 fully saturated rings. The maximum atomic E-state index is 11.9. The van der Waals surface area contributed by atoms with Gasteiger partial charge in [0.2, 0.25) is 5.90 Å². The molecule has 2 aliphatic heterocycles. The Hall–Kier alpha value is -3.67. The zero-order valence-corrected chi connectivity index (χ0v) is 16.4. The number of benzene rings is 2. The van der Waals surface area contributed by atoms with E-state index in [0.717, 1.165) is 11.1 Å². The number of nitrogens with zero attached hydrogens (tertiary/aromatic N) is 1. The van der Waals surface area contributed by atoms with E-state index in [1.807, 2.05) is 66.7 Å². The number of ether oxygens (including phenoxy) is 3. The van der Waals surface area contributed by atoms with E-state index in [2.05, 4.69) is 4.99 Å². The molecule has 0 saturated carbocycles. The van der Waals surface area contributed by atoms with Crippen molar-refractivity contribution in [2.75, 3.05) is 0 Å². The Balaban J connectivity index is 1.66. The highest BCUT2D eigenvalue weighted by atomic mass is 16.6. The molecule has 4 atom stereocenters. The van der Waals surface area contributed by atoms with Gasteiger partial charge in [-0.3, -0.25) is 4.79 Å². The van der Waals surface area contributed by atoms with Crippen LogP contribution in [-0.4, -0.2) is 36.1 Å². The van der Waals surface area contributed by atoms with Crippen molar-refractivity contribution >= 4 is 23.9 Å². The number of hydrogen-bond donors (Lipinski definition) is 0. The summed E-state index contributed by atoms with van der Waals surface area (Å²) in [6.07, 6.45) is 4.47. The van der Waals surface area contributed by atoms with E-state index in [4.69, 9.17) is 14.2 Å². The van der Waals surface area contributed by atoms with Gasteiger partial charge in [0.25, 0.3) is 0 Å². The molecule has 0 radical (unpaired) electrons. The fraction of sp³-hybridized carbons (Fsp3) is 0.208. The number of cyclic esters (lactones) is 1. The molecule has 2 heterocycles. The molecule has 2 aromatic carbocycles. The summed E-state index contributed by atoms with van der Waals surface area (Å²) in [5, 5.41) is 0. The van der Waals surface area contributed by atoms with Crippen LogP contribution in [-0.2, 0) is 23.8 Å². The first-order valence-electron chi connectivity index (χ1n) is 9.69. The second-order valence-electron chi connectivity index (χ2n) is 6.99. The predicted molar refractivity (Wildman–Crippen MR) is 112 cm³/mol. The number of hydrogen-bond acceptors (Lipinski definition) is 6. The molecule has 30 heavy (non-hydrogen) atoms. The van der Waals surface area contributed by atoms with Gasteiger partial charge in [0, 0.05) is 19.1 Å². The molecule has 0 aliphatic carbocycles. The molecule has 2 aromatic rings. The van der Waals surface area contributed by atoms with Gasteiger partial charge in [-0.1, -0.05) is 60.7 Å². The number of rotatable bonds is 5. The highest BCUT2D eigenvalue weighted by Crippen LogP contribution is 2.35. The lowest BCUT2D eigenvalue weighted by Gasteiger charge is -2.31. The van der Waals surface area contributed by atoms with Crippen LogP contribution >= 0.6 is 0 Å². The van der Waals surface area contributed by atoms with Crippen LogP contribution in [0, 0.1) is 0 Å². The Morgan fingerprint density at radius 1 is 1.00 bits per heavy atom. The smallest absolute Gasteiger partial charge is 0.331 e. The molecule has 4 rings (SSSR count). The van der Waals surface area contributed by atoms with Crippen molar-refractivity contribution in [1.29, 1.82) is 0 Å². The minimum atomic E-state index is -0.792. The molecule has 0 spiro atoms. The third kappa shape index (κ3) is 4.49. The van der Waals surface area contributed by atoms with E-state index in [9.17, 15) is 9.59 Å². The molecule has 0 aromatic heterocycles. The Bertz CT molecular complexity index is 997. The third-order valence-electron chi connectivity index (χ3n) is 4.82. The van der Waals surface area contributed by atoms with E-state index >= 15 is 0 Å². The lowest BCUT2D eigenvalue weighted by Crippen LogP contribution is -2.45. The van der Waals surface area contributed by atoms with Crippen LogP contribution in [0.3, 0.4) is 0 Å². The second kappa shape index (κ2) is 8.78. The monoisotopic (exact) mass is 403 g/mol. The van der Waals surface area contributed by atoms with E-state index in [1.54, 1.807) is 6.08 Å². The summed E-state index contributed by atoms with van der Waals surface area (Å²) in [5.41, 5.74) is 1.90. The lowest BCUT2D eigenvalue weighted by molar-refractivity contribution is -0.165. The summed E-state index contributed by atoms with van der Waals surface area (Å²) >= 11 is 0. The minimum Gasteiger partial charge on any atom is -0.467 e. The molecule has 0 unspecified atom stereocenters. The van der Waals surface area contributed by atoms with Crippen LogP contribution in [0.5, 0.6) is 0 Å². The van der Waals surface area contributed by atoms with Crippen LogP contribution < -0.4 is 0 Å². The largest absolute Gasteiger partial charge is 0.467 e. The van der Waals surface area contributed by atoms with Crippen LogP contribution in [0.2, 0.25) is 0 Å². The van der Waals surface area contributed by atoms with Gasteiger partial charge in [-0.25, -0.2) is 9.79 Å². The lowest BCUT2D eigenvalue weighted by atomic mass is 9.94. The highest BCUT2D eigenvalue weighted by Gasteiger charge is 2.45. The van der Waals surface area contributed by atoms with Crippen LogP contribution in [0.15, 0.2) is 83.9 Å². The SMILES string of the molecule is CC(=O)O[C@H]1C=CC(=O)O[C@@H]1[C@H]1N=C(/C=C/c2ccccc2)O[C@@H]1c1ccccc1. The molecule has 0 N–H and O–H groups in total. The number of carbonyl (C=O) groups excluding carboxylic acids is 2. The Morgan fingerprint density at radius 2 is 1.70 bits per heavy atom. The number of esters is 2. The van der Waals surface area contributed by atoms with Gasteiger partial charge in [0.05, 0.1) is 0 Å². The topological polar surface area (TPSA) is 74.2 Å². The Morgan fingerprint density at radius 3 is 2.40 bits per heavy atom. The molecule has 152 valence electrons. The van der Waals surface area contributed by atoms with Crippen LogP contribution in [0.4, 0.5) is 0 Å². The highest BCUT2D eigenvalue weighted by molar-refractivity contribution is 5.93. The van der Waals surface area contributed by atoms with Crippen LogP contribution in [0.1, 0.15) is 24.2 Å². The summed E-state index contributed by atoms with van der Waals surface area (Å²) in [5.74, 6) is -0.542. The Kier molecular flexibility index (Phi) is 5.75. The van der Waals surface area contributed by atoms with E-state index in [1.165, 1.54) is 19.1 Å². The van der Waals surface area contributed by atoms with Crippen molar-refractivity contribution < 1.29 is 23.8 Å². The van der Waals surface area contributed by atoms with Gasteiger partial charge in [0.15, 0.2) is 18.3 Å². The molecule has 6 heteroatoms. The summed E-state index contributed by atoms with van der Waals surface area (Å²) in [6.45, 7) is 1.32. The summed E-state index contributed by atoms with van der Waals surface area (Å²) < 4.78 is 17.0. The zero-order chi connectivity index (χ0) is 20.9. The van der Waals surface area contributed by atoms with Gasteiger partial charge in [-0.2, -0.15) is 0 Å². The molecule has 0 amide bonds. The first-order valence-corrected chi connectivity index (χ1v) is 9.69. The predicted octanol–water partition coefficient (Wildman–Crippen LogP) is 3.65.